The first-order valence-corrected chi connectivity index (χ1v) is 25.6. The molecule has 0 unspecified atom stereocenters. The van der Waals surface area contributed by atoms with Gasteiger partial charge in [-0.15, -0.1) is 0 Å². The predicted molar refractivity (Wildman–Crippen MR) is 309 cm³/mol. The minimum absolute atomic E-state index is 0.745. The standard InChI is InChI=1S/C68H57N5/c1-38-35-57(70-47(10)69-38)48-36-55(53-27-15-21-33-62(53)71-58-29-17-11-23-49(58)50-24-12-18-30-59(50)71)68(73-66-45(8)41(4)39(2)43(6)64(66)65-44(7)40(3)42(5)46(9)67(65)73)56(37-48)54-28-16-22-34-63(54)72-60-31-19-13-25-51(60)52-26-14-20-32-61(52)72/h11-37H,1-10H3. The van der Waals surface area contributed by atoms with Crippen molar-refractivity contribution in [2.24, 2.45) is 0 Å². The molecular weight excluding hydrogens is 887 g/mol. The minimum atomic E-state index is 0.745. The highest BCUT2D eigenvalue weighted by Crippen LogP contribution is 2.51. The van der Waals surface area contributed by atoms with Crippen LogP contribution in [0.4, 0.5) is 0 Å². The van der Waals surface area contributed by atoms with Crippen molar-refractivity contribution in [3.63, 3.8) is 0 Å². The highest BCUT2D eigenvalue weighted by atomic mass is 15.0. The van der Waals surface area contributed by atoms with Crippen molar-refractivity contribution in [3.05, 3.63) is 220 Å². The highest BCUT2D eigenvalue weighted by molar-refractivity contribution is 6.17. The molecular formula is C68H57N5. The molecule has 73 heavy (non-hydrogen) atoms. The predicted octanol–water partition coefficient (Wildman–Crippen LogP) is 17.9. The van der Waals surface area contributed by atoms with Gasteiger partial charge in [-0.2, -0.15) is 0 Å². The zero-order valence-electron chi connectivity index (χ0n) is 43.3. The third kappa shape index (κ3) is 6.40. The molecule has 4 aromatic heterocycles. The van der Waals surface area contributed by atoms with Gasteiger partial charge in [0.05, 0.1) is 55.9 Å². The van der Waals surface area contributed by atoms with E-state index in [-0.39, 0.29) is 0 Å². The van der Waals surface area contributed by atoms with Gasteiger partial charge in [-0.05, 0) is 168 Å². The van der Waals surface area contributed by atoms with Gasteiger partial charge in [0.2, 0.25) is 0 Å². The molecule has 0 N–H and O–H groups in total. The average molecular weight is 944 g/mol. The van der Waals surface area contributed by atoms with Crippen molar-refractivity contribution in [1.82, 2.24) is 23.7 Å². The lowest BCUT2D eigenvalue weighted by molar-refractivity contribution is 1.02. The molecule has 0 amide bonds. The van der Waals surface area contributed by atoms with E-state index in [2.05, 4.69) is 240 Å². The van der Waals surface area contributed by atoms with Gasteiger partial charge < -0.3 is 13.7 Å². The first-order valence-electron chi connectivity index (χ1n) is 25.6. The van der Waals surface area contributed by atoms with Crippen LogP contribution < -0.4 is 0 Å². The molecule has 0 fully saturated rings. The van der Waals surface area contributed by atoms with Crippen molar-refractivity contribution in [2.45, 2.75) is 69.2 Å². The maximum atomic E-state index is 5.24. The van der Waals surface area contributed by atoms with Crippen LogP contribution in [0.25, 0.3) is 116 Å². The van der Waals surface area contributed by atoms with E-state index in [0.717, 1.165) is 62.1 Å². The van der Waals surface area contributed by atoms with Gasteiger partial charge in [0.25, 0.3) is 0 Å². The molecule has 0 aliphatic rings. The Balaban J connectivity index is 1.30. The van der Waals surface area contributed by atoms with E-state index in [9.17, 15) is 0 Å². The van der Waals surface area contributed by atoms with Crippen LogP contribution in [0, 0.1) is 69.2 Å². The highest BCUT2D eigenvalue weighted by Gasteiger charge is 2.30. The molecule has 13 aromatic rings. The lowest BCUT2D eigenvalue weighted by atomic mass is 9.89. The second-order valence-electron chi connectivity index (χ2n) is 20.4. The summed E-state index contributed by atoms with van der Waals surface area (Å²) in [6.07, 6.45) is 0. The quantitative estimate of drug-likeness (QED) is 0.167. The fourth-order valence-corrected chi connectivity index (χ4v) is 12.5. The lowest BCUT2D eigenvalue weighted by Crippen LogP contribution is -2.08. The zero-order chi connectivity index (χ0) is 50.1. The van der Waals surface area contributed by atoms with E-state index in [1.807, 2.05) is 6.92 Å². The molecule has 0 bridgehead atoms. The van der Waals surface area contributed by atoms with Crippen LogP contribution in [0.15, 0.2) is 164 Å². The van der Waals surface area contributed by atoms with Crippen molar-refractivity contribution in [1.29, 1.82) is 0 Å². The minimum Gasteiger partial charge on any atom is -0.309 e. The van der Waals surface area contributed by atoms with Crippen LogP contribution >= 0.6 is 0 Å². The number of para-hydroxylation sites is 6. The molecule has 9 aromatic carbocycles. The summed E-state index contributed by atoms with van der Waals surface area (Å²) in [5.74, 6) is 0.745. The summed E-state index contributed by atoms with van der Waals surface area (Å²) >= 11 is 0. The summed E-state index contributed by atoms with van der Waals surface area (Å²) < 4.78 is 7.67. The molecule has 13 rings (SSSR count). The molecule has 0 atom stereocenters. The second-order valence-corrected chi connectivity index (χ2v) is 20.4. The maximum absolute atomic E-state index is 5.24. The van der Waals surface area contributed by atoms with Gasteiger partial charge in [-0.3, -0.25) is 0 Å². The van der Waals surface area contributed by atoms with Crippen LogP contribution in [-0.2, 0) is 0 Å². The van der Waals surface area contributed by atoms with Crippen LogP contribution in [0.2, 0.25) is 0 Å². The lowest BCUT2D eigenvalue weighted by Gasteiger charge is -2.26. The molecule has 5 heteroatoms. The summed E-state index contributed by atoms with van der Waals surface area (Å²) in [7, 11) is 0. The molecule has 0 saturated heterocycles. The Kier molecular flexibility index (Phi) is 10.0. The molecule has 0 spiro atoms. The average Bonchev–Trinajstić information content (AvgIpc) is 4.07. The molecule has 0 aliphatic heterocycles. The number of benzene rings is 9. The van der Waals surface area contributed by atoms with E-state index in [4.69, 9.17) is 9.97 Å². The van der Waals surface area contributed by atoms with Crippen LogP contribution in [0.1, 0.15) is 56.0 Å². The number of fused-ring (bicyclic) bond motifs is 9. The summed E-state index contributed by atoms with van der Waals surface area (Å²) in [6.45, 7) is 22.7. The Bertz CT molecular complexity index is 4110. The van der Waals surface area contributed by atoms with Gasteiger partial charge in [0, 0.05) is 65.8 Å². The van der Waals surface area contributed by atoms with E-state index < -0.39 is 0 Å². The molecule has 0 saturated carbocycles. The molecule has 4 heterocycles. The molecule has 0 aliphatic carbocycles. The topological polar surface area (TPSA) is 40.6 Å². The fourth-order valence-electron chi connectivity index (χ4n) is 12.5. The number of hydrogen-bond acceptors (Lipinski definition) is 2. The van der Waals surface area contributed by atoms with Gasteiger partial charge in [0.1, 0.15) is 5.82 Å². The molecule has 0 radical (unpaired) electrons. The van der Waals surface area contributed by atoms with Crippen molar-refractivity contribution in [3.8, 4) is 50.6 Å². The first kappa shape index (κ1) is 44.4. The molecule has 354 valence electrons. The fraction of sp³-hybridized carbons (Fsp3) is 0.147. The largest absolute Gasteiger partial charge is 0.309 e. The number of hydrogen-bond donors (Lipinski definition) is 0. The van der Waals surface area contributed by atoms with Crippen molar-refractivity contribution >= 4 is 65.4 Å². The van der Waals surface area contributed by atoms with Gasteiger partial charge in [-0.1, -0.05) is 109 Å². The molecule has 5 nitrogen and oxygen atoms in total. The number of rotatable bonds is 6. The Hall–Kier alpha value is -8.54. The van der Waals surface area contributed by atoms with Crippen molar-refractivity contribution < 1.29 is 0 Å². The summed E-state index contributed by atoms with van der Waals surface area (Å²) in [5, 5.41) is 7.57. The Labute approximate surface area is 426 Å². The van der Waals surface area contributed by atoms with Crippen LogP contribution in [0.5, 0.6) is 0 Å². The summed E-state index contributed by atoms with van der Waals surface area (Å²) in [6, 6.07) is 60.5. The van der Waals surface area contributed by atoms with Gasteiger partial charge in [-0.25, -0.2) is 9.97 Å². The van der Waals surface area contributed by atoms with E-state index in [0.29, 0.717) is 0 Å². The van der Waals surface area contributed by atoms with E-state index in [1.165, 1.54) is 110 Å². The Morgan fingerprint density at radius 2 is 0.671 bits per heavy atom. The first-order chi connectivity index (χ1) is 35.4. The van der Waals surface area contributed by atoms with E-state index >= 15 is 0 Å². The SMILES string of the molecule is Cc1cc(-c2cc(-c3ccccc3-n3c4ccccc4c4ccccc43)c(-n3c4c(C)c(C)c(C)c(C)c4c4c(C)c(C)c(C)c(C)c43)c(-c3ccccc3-n3c4ccccc4c4ccccc43)c2)nc(C)n1. The maximum Gasteiger partial charge on any atom is 0.126 e. The monoisotopic (exact) mass is 943 g/mol. The third-order valence-corrected chi connectivity index (χ3v) is 16.6. The van der Waals surface area contributed by atoms with Crippen LogP contribution in [-0.4, -0.2) is 23.7 Å². The number of aryl methyl sites for hydroxylation is 6. The Morgan fingerprint density at radius 1 is 0.315 bits per heavy atom. The summed E-state index contributed by atoms with van der Waals surface area (Å²) in [4.78, 5) is 10.0. The zero-order valence-corrected chi connectivity index (χ0v) is 43.3. The summed E-state index contributed by atoms with van der Waals surface area (Å²) in [5.41, 5.74) is 28.4. The second kappa shape index (κ2) is 16.5. The van der Waals surface area contributed by atoms with Gasteiger partial charge in [0.15, 0.2) is 0 Å². The number of aromatic nitrogens is 5. The van der Waals surface area contributed by atoms with Crippen LogP contribution in [0.3, 0.4) is 0 Å². The Morgan fingerprint density at radius 3 is 1.07 bits per heavy atom. The van der Waals surface area contributed by atoms with Crippen molar-refractivity contribution in [2.75, 3.05) is 0 Å². The van der Waals surface area contributed by atoms with Gasteiger partial charge >= 0.3 is 0 Å². The number of nitrogens with zero attached hydrogens (tertiary/aromatic N) is 5. The smallest absolute Gasteiger partial charge is 0.126 e. The van der Waals surface area contributed by atoms with E-state index in [1.54, 1.807) is 0 Å². The normalized spacial score (nSPS) is 12.0. The third-order valence-electron chi connectivity index (χ3n) is 16.6.